The molecule has 4 rings (SSSR count). The third-order valence-electron chi connectivity index (χ3n) is 5.53. The van der Waals surface area contributed by atoms with Gasteiger partial charge in [0, 0.05) is 38.7 Å². The maximum atomic E-state index is 12.8. The Kier molecular flexibility index (Phi) is 5.43. The van der Waals surface area contributed by atoms with Crippen LogP contribution in [0, 0.1) is 6.92 Å². The van der Waals surface area contributed by atoms with E-state index in [1.165, 1.54) is 5.56 Å². The van der Waals surface area contributed by atoms with Gasteiger partial charge in [-0.1, -0.05) is 17.7 Å². The summed E-state index contributed by atoms with van der Waals surface area (Å²) >= 11 is 0. The maximum absolute atomic E-state index is 12.8. The van der Waals surface area contributed by atoms with Gasteiger partial charge in [-0.25, -0.2) is 0 Å². The SMILES string of the molecule is Cc1ccc(OC2CCN(C(=O)c3ccn(C4CCCNC4)n3)CC2)cc1. The molecule has 2 fully saturated rings. The summed E-state index contributed by atoms with van der Waals surface area (Å²) in [6, 6.07) is 10.4. The molecule has 2 saturated heterocycles. The van der Waals surface area contributed by atoms with E-state index in [0.29, 0.717) is 24.8 Å². The van der Waals surface area contributed by atoms with E-state index in [1.54, 1.807) is 0 Å². The molecule has 2 aromatic rings. The van der Waals surface area contributed by atoms with Crippen molar-refractivity contribution in [3.63, 3.8) is 0 Å². The van der Waals surface area contributed by atoms with Gasteiger partial charge < -0.3 is 15.0 Å². The zero-order valence-corrected chi connectivity index (χ0v) is 15.9. The number of hydrogen-bond donors (Lipinski definition) is 1. The van der Waals surface area contributed by atoms with Crippen LogP contribution >= 0.6 is 0 Å². The summed E-state index contributed by atoms with van der Waals surface area (Å²) in [5.74, 6) is 0.941. The number of rotatable bonds is 4. The van der Waals surface area contributed by atoms with Gasteiger partial charge >= 0.3 is 0 Å². The molecule has 1 N–H and O–H groups in total. The van der Waals surface area contributed by atoms with Crippen LogP contribution in [0.5, 0.6) is 5.75 Å². The van der Waals surface area contributed by atoms with Gasteiger partial charge in [-0.05, 0) is 44.5 Å². The number of aryl methyl sites for hydroxylation is 1. The normalized spacial score (nSPS) is 21.2. The Bertz CT molecular complexity index is 757. The van der Waals surface area contributed by atoms with Crippen molar-refractivity contribution in [2.75, 3.05) is 26.2 Å². The molecule has 0 radical (unpaired) electrons. The minimum absolute atomic E-state index is 0.0336. The van der Waals surface area contributed by atoms with E-state index in [9.17, 15) is 4.79 Å². The van der Waals surface area contributed by atoms with Crippen LogP contribution in [0.25, 0.3) is 0 Å². The van der Waals surface area contributed by atoms with Gasteiger partial charge in [0.25, 0.3) is 5.91 Å². The van der Waals surface area contributed by atoms with Crippen LogP contribution in [0.3, 0.4) is 0 Å². The molecule has 1 atom stereocenters. The summed E-state index contributed by atoms with van der Waals surface area (Å²) in [4.78, 5) is 14.7. The Morgan fingerprint density at radius 1 is 1.15 bits per heavy atom. The number of carbonyl (C=O) groups excluding carboxylic acids is 1. The van der Waals surface area contributed by atoms with Crippen LogP contribution in [0.4, 0.5) is 0 Å². The lowest BCUT2D eigenvalue weighted by Crippen LogP contribution is -2.42. The lowest BCUT2D eigenvalue weighted by Gasteiger charge is -2.31. The molecule has 2 aliphatic heterocycles. The molecule has 144 valence electrons. The Labute approximate surface area is 160 Å². The van der Waals surface area contributed by atoms with Crippen LogP contribution in [-0.4, -0.2) is 52.9 Å². The molecule has 1 unspecified atom stereocenters. The zero-order chi connectivity index (χ0) is 18.6. The largest absolute Gasteiger partial charge is 0.490 e. The second-order valence-electron chi connectivity index (χ2n) is 7.60. The average Bonchev–Trinajstić information content (AvgIpc) is 3.21. The third kappa shape index (κ3) is 4.33. The van der Waals surface area contributed by atoms with E-state index in [1.807, 2.05) is 34.0 Å². The van der Waals surface area contributed by atoms with Gasteiger partial charge in [-0.15, -0.1) is 0 Å². The van der Waals surface area contributed by atoms with Crippen molar-refractivity contribution in [2.24, 2.45) is 0 Å². The van der Waals surface area contributed by atoms with Crippen molar-refractivity contribution in [1.29, 1.82) is 0 Å². The molecular formula is C21H28N4O2. The number of likely N-dealkylation sites (tertiary alicyclic amines) is 1. The molecule has 0 spiro atoms. The minimum atomic E-state index is 0.0336. The Morgan fingerprint density at radius 3 is 2.63 bits per heavy atom. The van der Waals surface area contributed by atoms with E-state index < -0.39 is 0 Å². The van der Waals surface area contributed by atoms with Crippen LogP contribution in [-0.2, 0) is 0 Å². The molecule has 27 heavy (non-hydrogen) atoms. The van der Waals surface area contributed by atoms with Gasteiger partial charge in [0.05, 0.1) is 6.04 Å². The predicted molar refractivity (Wildman–Crippen MR) is 104 cm³/mol. The van der Waals surface area contributed by atoms with Gasteiger partial charge in [-0.3, -0.25) is 9.48 Å². The molecule has 1 aromatic carbocycles. The van der Waals surface area contributed by atoms with E-state index in [4.69, 9.17) is 4.74 Å². The van der Waals surface area contributed by atoms with E-state index in [0.717, 1.165) is 44.5 Å². The lowest BCUT2D eigenvalue weighted by molar-refractivity contribution is 0.0589. The number of piperidine rings is 2. The van der Waals surface area contributed by atoms with Gasteiger partial charge in [-0.2, -0.15) is 5.10 Å². The molecule has 0 saturated carbocycles. The Hall–Kier alpha value is -2.34. The average molecular weight is 368 g/mol. The number of amides is 1. The first-order valence-electron chi connectivity index (χ1n) is 9.97. The van der Waals surface area contributed by atoms with Crippen molar-refractivity contribution in [2.45, 2.75) is 44.8 Å². The van der Waals surface area contributed by atoms with Crippen molar-refractivity contribution in [1.82, 2.24) is 20.0 Å². The molecule has 1 aromatic heterocycles. The molecule has 0 bridgehead atoms. The highest BCUT2D eigenvalue weighted by atomic mass is 16.5. The summed E-state index contributed by atoms with van der Waals surface area (Å²) in [6.45, 7) is 5.50. The Morgan fingerprint density at radius 2 is 1.93 bits per heavy atom. The van der Waals surface area contributed by atoms with E-state index in [-0.39, 0.29) is 12.0 Å². The third-order valence-corrected chi connectivity index (χ3v) is 5.53. The van der Waals surface area contributed by atoms with Gasteiger partial charge in [0.1, 0.15) is 17.5 Å². The summed E-state index contributed by atoms with van der Waals surface area (Å²) < 4.78 is 8.01. The van der Waals surface area contributed by atoms with E-state index in [2.05, 4.69) is 29.5 Å². The highest BCUT2D eigenvalue weighted by Crippen LogP contribution is 2.21. The molecule has 3 heterocycles. The number of hydrogen-bond acceptors (Lipinski definition) is 4. The summed E-state index contributed by atoms with van der Waals surface area (Å²) in [5.41, 5.74) is 1.78. The van der Waals surface area contributed by atoms with Gasteiger partial charge in [0.2, 0.25) is 0 Å². The fraction of sp³-hybridized carbons (Fsp3) is 0.524. The van der Waals surface area contributed by atoms with Crippen LogP contribution in [0.2, 0.25) is 0 Å². The Balaban J connectivity index is 1.30. The quantitative estimate of drug-likeness (QED) is 0.902. The summed E-state index contributed by atoms with van der Waals surface area (Å²) in [5, 5.41) is 7.95. The number of carbonyl (C=O) groups is 1. The number of nitrogens with zero attached hydrogens (tertiary/aromatic N) is 3. The van der Waals surface area contributed by atoms with Crippen molar-refractivity contribution in [3.8, 4) is 5.75 Å². The number of aromatic nitrogens is 2. The highest BCUT2D eigenvalue weighted by molar-refractivity contribution is 5.92. The number of nitrogens with one attached hydrogen (secondary N) is 1. The molecule has 2 aliphatic rings. The van der Waals surface area contributed by atoms with Gasteiger partial charge in [0.15, 0.2) is 0 Å². The maximum Gasteiger partial charge on any atom is 0.274 e. The number of ether oxygens (including phenoxy) is 1. The fourth-order valence-electron chi connectivity index (χ4n) is 3.86. The topological polar surface area (TPSA) is 59.4 Å². The number of benzene rings is 1. The lowest BCUT2D eigenvalue weighted by atomic mass is 10.1. The first kappa shape index (κ1) is 18.0. The van der Waals surface area contributed by atoms with E-state index >= 15 is 0 Å². The van der Waals surface area contributed by atoms with Crippen molar-refractivity contribution >= 4 is 5.91 Å². The van der Waals surface area contributed by atoms with Crippen molar-refractivity contribution in [3.05, 3.63) is 47.8 Å². The molecular weight excluding hydrogens is 340 g/mol. The summed E-state index contributed by atoms with van der Waals surface area (Å²) in [6.07, 6.45) is 6.09. The van der Waals surface area contributed by atoms with Crippen LogP contribution in [0.15, 0.2) is 36.5 Å². The van der Waals surface area contributed by atoms with Crippen LogP contribution < -0.4 is 10.1 Å². The smallest absolute Gasteiger partial charge is 0.274 e. The second-order valence-corrected chi connectivity index (χ2v) is 7.60. The predicted octanol–water partition coefficient (Wildman–Crippen LogP) is 2.80. The molecule has 6 nitrogen and oxygen atoms in total. The zero-order valence-electron chi connectivity index (χ0n) is 15.9. The fourth-order valence-corrected chi connectivity index (χ4v) is 3.86. The highest BCUT2D eigenvalue weighted by Gasteiger charge is 2.26. The van der Waals surface area contributed by atoms with Crippen molar-refractivity contribution < 1.29 is 9.53 Å². The standard InChI is InChI=1S/C21H28N4O2/c1-16-4-6-18(7-5-16)27-19-8-12-24(13-9-19)21(26)20-10-14-25(23-20)17-3-2-11-22-15-17/h4-7,10,14,17,19,22H,2-3,8-9,11-13,15H2,1H3. The molecule has 1 amide bonds. The molecule has 6 heteroatoms. The first-order valence-corrected chi connectivity index (χ1v) is 9.97. The molecule has 0 aliphatic carbocycles. The monoisotopic (exact) mass is 368 g/mol. The summed E-state index contributed by atoms with van der Waals surface area (Å²) in [7, 11) is 0. The second kappa shape index (κ2) is 8.13. The minimum Gasteiger partial charge on any atom is -0.490 e. The first-order chi connectivity index (χ1) is 13.2. The van der Waals surface area contributed by atoms with Crippen LogP contribution in [0.1, 0.15) is 47.8 Å².